The molecule has 1 amide bonds. The van der Waals surface area contributed by atoms with Crippen LogP contribution in [0, 0.1) is 11.8 Å². The van der Waals surface area contributed by atoms with Gasteiger partial charge >= 0.3 is 6.18 Å². The van der Waals surface area contributed by atoms with Crippen LogP contribution < -0.4 is 0 Å². The standard InChI is InChI=1S/C29H37F3N2O/c1-21(2)26-20-33(17-18-34(26)27(35)19-22-9-5-3-6-10-22)28(23-11-7-4-8-12-23)24-13-15-25(16-14-24)29(30,31)32/h4,7-8,11-16,21-22,26,28H,3,5-6,9-10,17-20H2,1-2H3/t26-,28?/m1/s1. The maximum absolute atomic E-state index is 13.3. The van der Waals surface area contributed by atoms with E-state index in [-0.39, 0.29) is 23.9 Å². The molecule has 2 aliphatic rings. The van der Waals surface area contributed by atoms with Gasteiger partial charge in [0.05, 0.1) is 11.6 Å². The van der Waals surface area contributed by atoms with Crippen molar-refractivity contribution >= 4 is 5.91 Å². The third-order valence-corrected chi connectivity index (χ3v) is 7.76. The van der Waals surface area contributed by atoms with Gasteiger partial charge in [0, 0.05) is 32.1 Å². The molecule has 0 bridgehead atoms. The molecule has 1 aliphatic carbocycles. The molecule has 190 valence electrons. The number of hydrogen-bond acceptors (Lipinski definition) is 2. The third-order valence-electron chi connectivity index (χ3n) is 7.76. The number of rotatable bonds is 6. The smallest absolute Gasteiger partial charge is 0.337 e. The lowest BCUT2D eigenvalue weighted by molar-refractivity contribution is -0.139. The zero-order chi connectivity index (χ0) is 25.0. The largest absolute Gasteiger partial charge is 0.416 e. The summed E-state index contributed by atoms with van der Waals surface area (Å²) in [7, 11) is 0. The van der Waals surface area contributed by atoms with Gasteiger partial charge in [0.25, 0.3) is 0 Å². The summed E-state index contributed by atoms with van der Waals surface area (Å²) in [6.45, 7) is 6.36. The lowest BCUT2D eigenvalue weighted by Gasteiger charge is -2.46. The molecule has 6 heteroatoms. The second-order valence-electron chi connectivity index (χ2n) is 10.5. The first kappa shape index (κ1) is 25.7. The molecule has 1 heterocycles. The van der Waals surface area contributed by atoms with Crippen LogP contribution in [0.25, 0.3) is 0 Å². The number of alkyl halides is 3. The molecule has 0 N–H and O–H groups in total. The highest BCUT2D eigenvalue weighted by molar-refractivity contribution is 5.77. The van der Waals surface area contributed by atoms with E-state index in [9.17, 15) is 18.0 Å². The zero-order valence-electron chi connectivity index (χ0n) is 20.8. The van der Waals surface area contributed by atoms with Gasteiger partial charge in [-0.25, -0.2) is 0 Å². The summed E-state index contributed by atoms with van der Waals surface area (Å²) in [4.78, 5) is 17.8. The molecule has 35 heavy (non-hydrogen) atoms. The van der Waals surface area contributed by atoms with E-state index in [2.05, 4.69) is 23.6 Å². The molecular weight excluding hydrogens is 449 g/mol. The fourth-order valence-corrected chi connectivity index (χ4v) is 5.81. The minimum absolute atomic E-state index is 0.0838. The number of nitrogens with zero attached hydrogens (tertiary/aromatic N) is 2. The van der Waals surface area contributed by atoms with Gasteiger partial charge in [0.15, 0.2) is 0 Å². The quantitative estimate of drug-likeness (QED) is 0.442. The van der Waals surface area contributed by atoms with Crippen LogP contribution in [0.15, 0.2) is 54.6 Å². The Morgan fingerprint density at radius 3 is 2.14 bits per heavy atom. The molecule has 0 aromatic heterocycles. The number of carbonyl (C=O) groups is 1. The number of halogens is 3. The molecule has 0 radical (unpaired) electrons. The Balaban J connectivity index is 1.56. The van der Waals surface area contributed by atoms with Crippen molar-refractivity contribution in [2.75, 3.05) is 19.6 Å². The predicted molar refractivity (Wildman–Crippen MR) is 133 cm³/mol. The van der Waals surface area contributed by atoms with Gasteiger partial charge in [0.1, 0.15) is 0 Å². The van der Waals surface area contributed by atoms with Crippen LogP contribution in [-0.2, 0) is 11.0 Å². The van der Waals surface area contributed by atoms with Gasteiger partial charge in [-0.3, -0.25) is 9.69 Å². The van der Waals surface area contributed by atoms with Crippen molar-refractivity contribution in [1.29, 1.82) is 0 Å². The number of piperazine rings is 1. The Morgan fingerprint density at radius 2 is 1.54 bits per heavy atom. The van der Waals surface area contributed by atoms with Crippen molar-refractivity contribution in [3.63, 3.8) is 0 Å². The van der Waals surface area contributed by atoms with Crippen molar-refractivity contribution in [1.82, 2.24) is 9.80 Å². The lowest BCUT2D eigenvalue weighted by atomic mass is 9.86. The van der Waals surface area contributed by atoms with E-state index in [4.69, 9.17) is 0 Å². The topological polar surface area (TPSA) is 23.6 Å². The highest BCUT2D eigenvalue weighted by Gasteiger charge is 2.37. The first-order valence-corrected chi connectivity index (χ1v) is 13.0. The molecule has 4 rings (SSSR count). The zero-order valence-corrected chi connectivity index (χ0v) is 20.8. The van der Waals surface area contributed by atoms with Crippen LogP contribution in [0.4, 0.5) is 13.2 Å². The fraction of sp³-hybridized carbons (Fsp3) is 0.552. The van der Waals surface area contributed by atoms with E-state index in [1.54, 1.807) is 12.1 Å². The van der Waals surface area contributed by atoms with E-state index < -0.39 is 11.7 Å². The van der Waals surface area contributed by atoms with Crippen molar-refractivity contribution < 1.29 is 18.0 Å². The average molecular weight is 487 g/mol. The van der Waals surface area contributed by atoms with Crippen molar-refractivity contribution in [3.8, 4) is 0 Å². The minimum atomic E-state index is -4.35. The molecular formula is C29H37F3N2O. The van der Waals surface area contributed by atoms with Gasteiger partial charge < -0.3 is 4.90 Å². The SMILES string of the molecule is CC(C)[C@H]1CN(C(c2ccccc2)c2ccc(C(F)(F)F)cc2)CCN1C(=O)CC1CCCCC1. The van der Waals surface area contributed by atoms with Crippen molar-refractivity contribution in [2.24, 2.45) is 11.8 Å². The second kappa shape index (κ2) is 11.2. The summed E-state index contributed by atoms with van der Waals surface area (Å²) in [5.41, 5.74) is 1.26. The Hall–Kier alpha value is -2.34. The molecule has 2 aromatic carbocycles. The third kappa shape index (κ3) is 6.27. The maximum Gasteiger partial charge on any atom is 0.416 e. The summed E-state index contributed by atoms with van der Waals surface area (Å²) >= 11 is 0. The normalized spacial score (nSPS) is 21.3. The predicted octanol–water partition coefficient (Wildman–Crippen LogP) is 6.93. The molecule has 1 unspecified atom stereocenters. The molecule has 2 atom stereocenters. The summed E-state index contributed by atoms with van der Waals surface area (Å²) < 4.78 is 39.5. The first-order chi connectivity index (χ1) is 16.7. The molecule has 2 aromatic rings. The molecule has 0 spiro atoms. The van der Waals surface area contributed by atoms with Crippen molar-refractivity contribution in [3.05, 3.63) is 71.3 Å². The van der Waals surface area contributed by atoms with Gasteiger partial charge in [-0.15, -0.1) is 0 Å². The second-order valence-corrected chi connectivity index (χ2v) is 10.5. The van der Waals surface area contributed by atoms with E-state index >= 15 is 0 Å². The monoisotopic (exact) mass is 486 g/mol. The van der Waals surface area contributed by atoms with E-state index in [0.29, 0.717) is 32.0 Å². The fourth-order valence-electron chi connectivity index (χ4n) is 5.81. The Kier molecular flexibility index (Phi) is 8.20. The maximum atomic E-state index is 13.3. The van der Waals surface area contributed by atoms with Gasteiger partial charge in [0.2, 0.25) is 5.91 Å². The number of carbonyl (C=O) groups excluding carboxylic acids is 1. The van der Waals surface area contributed by atoms with Crippen LogP contribution in [0.2, 0.25) is 0 Å². The molecule has 1 saturated carbocycles. The first-order valence-electron chi connectivity index (χ1n) is 13.0. The molecule has 3 nitrogen and oxygen atoms in total. The van der Waals surface area contributed by atoms with Crippen LogP contribution in [0.1, 0.15) is 75.1 Å². The Bertz CT molecular complexity index is 952. The summed E-state index contributed by atoms with van der Waals surface area (Å²) in [6.07, 6.45) is 2.33. The van der Waals surface area contributed by atoms with Gasteiger partial charge in [-0.1, -0.05) is 75.6 Å². The molecule has 1 saturated heterocycles. The van der Waals surface area contributed by atoms with Crippen LogP contribution in [0.3, 0.4) is 0 Å². The average Bonchev–Trinajstić information content (AvgIpc) is 2.85. The Morgan fingerprint density at radius 1 is 0.914 bits per heavy atom. The van der Waals surface area contributed by atoms with Gasteiger partial charge in [-0.05, 0) is 47.9 Å². The number of amides is 1. The summed E-state index contributed by atoms with van der Waals surface area (Å²) in [6, 6.07) is 15.4. The lowest BCUT2D eigenvalue weighted by Crippen LogP contribution is -2.58. The van der Waals surface area contributed by atoms with Crippen LogP contribution in [-0.4, -0.2) is 41.4 Å². The van der Waals surface area contributed by atoms with Crippen LogP contribution >= 0.6 is 0 Å². The molecule has 1 aliphatic heterocycles. The van der Waals surface area contributed by atoms with Gasteiger partial charge in [-0.2, -0.15) is 13.2 Å². The summed E-state index contributed by atoms with van der Waals surface area (Å²) in [5, 5.41) is 0. The van der Waals surface area contributed by atoms with E-state index in [1.165, 1.54) is 31.4 Å². The molecule has 2 fully saturated rings. The number of hydrogen-bond donors (Lipinski definition) is 0. The van der Waals surface area contributed by atoms with E-state index in [0.717, 1.165) is 24.0 Å². The van der Waals surface area contributed by atoms with Crippen molar-refractivity contribution in [2.45, 2.75) is 70.6 Å². The highest BCUT2D eigenvalue weighted by Crippen LogP contribution is 2.35. The highest BCUT2D eigenvalue weighted by atomic mass is 19.4. The van der Waals surface area contributed by atoms with E-state index in [1.807, 2.05) is 30.3 Å². The number of benzene rings is 2. The minimum Gasteiger partial charge on any atom is -0.337 e. The Labute approximate surface area is 207 Å². The summed E-state index contributed by atoms with van der Waals surface area (Å²) in [5.74, 6) is 1.06. The van der Waals surface area contributed by atoms with Crippen LogP contribution in [0.5, 0.6) is 0 Å².